The van der Waals surface area contributed by atoms with Crippen LogP contribution >= 0.6 is 7.60 Å². The second-order valence-corrected chi connectivity index (χ2v) is 10.5. The summed E-state index contributed by atoms with van der Waals surface area (Å²) in [5.74, 6) is 0.0723. The largest absolute Gasteiger partial charge is 0.507 e. The van der Waals surface area contributed by atoms with Gasteiger partial charge in [-0.1, -0.05) is 20.8 Å². The van der Waals surface area contributed by atoms with E-state index in [-0.39, 0.29) is 24.4 Å². The lowest BCUT2D eigenvalue weighted by Gasteiger charge is -2.29. The van der Waals surface area contributed by atoms with Crippen molar-refractivity contribution < 1.29 is 23.5 Å². The van der Waals surface area contributed by atoms with Gasteiger partial charge in [0.05, 0.1) is 13.2 Å². The van der Waals surface area contributed by atoms with Crippen LogP contribution in [0.5, 0.6) is 5.75 Å². The molecule has 0 amide bonds. The molecule has 0 bridgehead atoms. The summed E-state index contributed by atoms with van der Waals surface area (Å²) >= 11 is 0. The number of hydrogen-bond acceptors (Lipinski definition) is 5. The van der Waals surface area contributed by atoms with Gasteiger partial charge in [0, 0.05) is 11.1 Å². The minimum atomic E-state index is -3.55. The highest BCUT2D eigenvalue weighted by atomic mass is 31.2. The average Bonchev–Trinajstić information content (AvgIpc) is 2.60. The van der Waals surface area contributed by atoms with Crippen LogP contribution in [0.15, 0.2) is 6.07 Å². The first kappa shape index (κ1) is 22.1. The summed E-state index contributed by atoms with van der Waals surface area (Å²) in [5.41, 5.74) is 1.87. The van der Waals surface area contributed by atoms with Crippen molar-refractivity contribution in [2.75, 3.05) is 13.2 Å². The Hall–Kier alpha value is -1.16. The van der Waals surface area contributed by atoms with Gasteiger partial charge in [-0.25, -0.2) is 0 Å². The van der Waals surface area contributed by atoms with E-state index in [1.54, 1.807) is 26.8 Å². The Morgan fingerprint density at radius 3 is 2.15 bits per heavy atom. The molecule has 0 fully saturated rings. The molecule has 152 valence electrons. The Bertz CT molecular complexity index is 738. The number of carbonyl (C=O) groups excluding carboxylic acids is 1. The van der Waals surface area contributed by atoms with Crippen LogP contribution in [-0.2, 0) is 31.9 Å². The van der Waals surface area contributed by atoms with Crippen LogP contribution in [0.2, 0.25) is 0 Å². The summed E-state index contributed by atoms with van der Waals surface area (Å²) < 4.78 is 23.9. The SMILES string of the molecule is CCOP(=O)(OCC)C(C)C(=O)c1cc(C(C)(C)C)c(O)c2c1CCCC2. The van der Waals surface area contributed by atoms with Crippen molar-refractivity contribution in [3.63, 3.8) is 0 Å². The minimum absolute atomic E-state index is 0.218. The highest BCUT2D eigenvalue weighted by Gasteiger charge is 2.39. The minimum Gasteiger partial charge on any atom is -0.507 e. The molecule has 0 aromatic heterocycles. The third-order valence-corrected chi connectivity index (χ3v) is 7.59. The molecule has 0 heterocycles. The number of fused-ring (bicyclic) bond motifs is 1. The number of phenolic OH excluding ortho intramolecular Hbond substituents is 1. The van der Waals surface area contributed by atoms with E-state index >= 15 is 0 Å². The topological polar surface area (TPSA) is 72.8 Å². The first-order valence-corrected chi connectivity index (χ1v) is 11.5. The highest BCUT2D eigenvalue weighted by molar-refractivity contribution is 7.55. The van der Waals surface area contributed by atoms with Gasteiger partial charge in [-0.05, 0) is 69.1 Å². The molecule has 1 aromatic carbocycles. The van der Waals surface area contributed by atoms with E-state index in [9.17, 15) is 14.5 Å². The van der Waals surface area contributed by atoms with E-state index < -0.39 is 13.3 Å². The Balaban J connectivity index is 2.59. The van der Waals surface area contributed by atoms with Crippen LogP contribution in [-0.4, -0.2) is 29.8 Å². The molecular formula is C21H33O5P. The van der Waals surface area contributed by atoms with Gasteiger partial charge < -0.3 is 14.2 Å². The standard InChI is InChI=1S/C21H33O5P/c1-7-25-27(24,26-8-2)14(3)19(22)17-13-18(21(4,5)6)20(23)16-12-10-9-11-15(16)17/h13-14,23H,7-12H2,1-6H3. The van der Waals surface area contributed by atoms with Gasteiger partial charge in [-0.15, -0.1) is 0 Å². The van der Waals surface area contributed by atoms with Crippen LogP contribution < -0.4 is 0 Å². The fraction of sp³-hybridized carbons (Fsp3) is 0.667. The number of carbonyl (C=O) groups is 1. The number of rotatable bonds is 7. The summed E-state index contributed by atoms with van der Waals surface area (Å²) in [4.78, 5) is 13.4. The smallest absolute Gasteiger partial charge is 0.341 e. The van der Waals surface area contributed by atoms with E-state index in [2.05, 4.69) is 0 Å². The van der Waals surface area contributed by atoms with Crippen molar-refractivity contribution in [2.45, 2.75) is 78.3 Å². The predicted octanol–water partition coefficient (Wildman–Crippen LogP) is 5.41. The van der Waals surface area contributed by atoms with Gasteiger partial charge in [0.2, 0.25) is 0 Å². The lowest BCUT2D eigenvalue weighted by atomic mass is 9.78. The first-order chi connectivity index (χ1) is 12.6. The van der Waals surface area contributed by atoms with E-state index in [0.29, 0.717) is 11.3 Å². The van der Waals surface area contributed by atoms with Crippen molar-refractivity contribution in [3.05, 3.63) is 28.3 Å². The number of Topliss-reactive ketones (excluding diaryl/α,β-unsaturated/α-hetero) is 1. The molecule has 0 radical (unpaired) electrons. The van der Waals surface area contributed by atoms with Gasteiger partial charge in [-0.2, -0.15) is 0 Å². The second kappa shape index (κ2) is 8.46. The molecule has 0 saturated heterocycles. The molecule has 1 aromatic rings. The summed E-state index contributed by atoms with van der Waals surface area (Å²) in [7, 11) is -3.55. The Morgan fingerprint density at radius 1 is 1.15 bits per heavy atom. The van der Waals surface area contributed by atoms with Gasteiger partial charge >= 0.3 is 7.60 Å². The molecule has 1 atom stereocenters. The fourth-order valence-electron chi connectivity index (χ4n) is 3.71. The molecule has 27 heavy (non-hydrogen) atoms. The van der Waals surface area contributed by atoms with Gasteiger partial charge in [0.1, 0.15) is 11.4 Å². The van der Waals surface area contributed by atoms with Crippen LogP contribution in [0.4, 0.5) is 0 Å². The second-order valence-electron chi connectivity index (χ2n) is 8.15. The zero-order valence-electron chi connectivity index (χ0n) is 17.4. The van der Waals surface area contributed by atoms with Crippen LogP contribution in [0, 0.1) is 0 Å². The first-order valence-electron chi connectivity index (χ1n) is 9.88. The Morgan fingerprint density at radius 2 is 1.67 bits per heavy atom. The molecule has 1 unspecified atom stereocenters. The summed E-state index contributed by atoms with van der Waals surface area (Å²) in [6.45, 7) is 11.6. The lowest BCUT2D eigenvalue weighted by molar-refractivity contribution is 0.0972. The number of phenols is 1. The summed E-state index contributed by atoms with van der Waals surface area (Å²) in [6.07, 6.45) is 3.47. The number of hydrogen-bond donors (Lipinski definition) is 1. The maximum atomic E-state index is 13.4. The average molecular weight is 396 g/mol. The van der Waals surface area contributed by atoms with Gasteiger partial charge in [0.15, 0.2) is 5.78 Å². The van der Waals surface area contributed by atoms with Gasteiger partial charge in [-0.3, -0.25) is 9.36 Å². The van der Waals surface area contributed by atoms with Crippen LogP contribution in [0.3, 0.4) is 0 Å². The van der Waals surface area contributed by atoms with Crippen molar-refractivity contribution >= 4 is 13.4 Å². The molecule has 0 spiro atoms. The molecule has 5 nitrogen and oxygen atoms in total. The number of aromatic hydroxyl groups is 1. The van der Waals surface area contributed by atoms with Crippen LogP contribution in [0.1, 0.15) is 81.4 Å². The molecule has 2 rings (SSSR count). The molecule has 0 aliphatic heterocycles. The monoisotopic (exact) mass is 396 g/mol. The fourth-order valence-corrected chi connectivity index (χ4v) is 5.38. The highest BCUT2D eigenvalue weighted by Crippen LogP contribution is 2.54. The normalized spacial score (nSPS) is 16.1. The third-order valence-electron chi connectivity index (χ3n) is 5.17. The molecule has 0 saturated carbocycles. The van der Waals surface area contributed by atoms with E-state index in [4.69, 9.17) is 9.05 Å². The number of benzene rings is 1. The Kier molecular flexibility index (Phi) is 6.94. The van der Waals surface area contributed by atoms with Crippen molar-refractivity contribution in [1.82, 2.24) is 0 Å². The zero-order chi connectivity index (χ0) is 20.4. The number of ketones is 1. The van der Waals surface area contributed by atoms with Crippen molar-refractivity contribution in [3.8, 4) is 5.75 Å². The molecule has 6 heteroatoms. The van der Waals surface area contributed by atoms with E-state index in [0.717, 1.165) is 42.4 Å². The molecular weight excluding hydrogens is 363 g/mol. The van der Waals surface area contributed by atoms with E-state index in [1.165, 1.54) is 0 Å². The lowest BCUT2D eigenvalue weighted by Crippen LogP contribution is -2.25. The Labute approximate surface area is 163 Å². The molecule has 1 aliphatic rings. The maximum Gasteiger partial charge on any atom is 0.341 e. The summed E-state index contributed by atoms with van der Waals surface area (Å²) in [6, 6.07) is 1.79. The van der Waals surface area contributed by atoms with Gasteiger partial charge in [0.25, 0.3) is 0 Å². The quantitative estimate of drug-likeness (QED) is 0.493. The predicted molar refractivity (Wildman–Crippen MR) is 108 cm³/mol. The van der Waals surface area contributed by atoms with Crippen molar-refractivity contribution in [2.24, 2.45) is 0 Å². The third kappa shape index (κ3) is 4.47. The summed E-state index contributed by atoms with van der Waals surface area (Å²) in [5, 5.41) is 10.8. The van der Waals surface area contributed by atoms with E-state index in [1.807, 2.05) is 20.8 Å². The maximum absolute atomic E-state index is 13.4. The molecule has 1 aliphatic carbocycles. The molecule has 1 N–H and O–H groups in total. The zero-order valence-corrected chi connectivity index (χ0v) is 18.3. The van der Waals surface area contributed by atoms with Crippen LogP contribution in [0.25, 0.3) is 0 Å². The van der Waals surface area contributed by atoms with Crippen molar-refractivity contribution in [1.29, 1.82) is 0 Å².